The zero-order valence-electron chi connectivity index (χ0n) is 15.7. The van der Waals surface area contributed by atoms with E-state index in [4.69, 9.17) is 0 Å². The number of amides is 1. The number of hydrogen-bond acceptors (Lipinski definition) is 2. The van der Waals surface area contributed by atoms with E-state index in [1.807, 2.05) is 4.90 Å². The van der Waals surface area contributed by atoms with Crippen LogP contribution in [0.2, 0.25) is 0 Å². The second kappa shape index (κ2) is 7.22. The lowest BCUT2D eigenvalue weighted by Gasteiger charge is -2.49. The molecule has 2 rings (SSSR count). The van der Waals surface area contributed by atoms with Gasteiger partial charge in [0.2, 0.25) is 0 Å². The third-order valence-electron chi connectivity index (χ3n) is 4.71. The number of unbranched alkanes of at least 4 members (excludes halogenated alkanes) is 1. The van der Waals surface area contributed by atoms with Gasteiger partial charge in [0, 0.05) is 29.2 Å². The van der Waals surface area contributed by atoms with Crippen molar-refractivity contribution in [3.63, 3.8) is 0 Å². The fraction of sp³-hybridized carbons (Fsp3) is 0.650. The van der Waals surface area contributed by atoms with Crippen LogP contribution in [0, 0.1) is 5.82 Å². The number of halogens is 1. The van der Waals surface area contributed by atoms with Crippen LogP contribution in [0.3, 0.4) is 0 Å². The Bertz CT molecular complexity index is 550. The lowest BCUT2D eigenvalue weighted by molar-refractivity contribution is 0.0441. The molecule has 1 N–H and O–H groups in total. The van der Waals surface area contributed by atoms with Crippen LogP contribution in [0.4, 0.5) is 4.39 Å². The first-order chi connectivity index (χ1) is 11.1. The highest BCUT2D eigenvalue weighted by atomic mass is 19.1. The van der Waals surface area contributed by atoms with E-state index in [0.29, 0.717) is 5.56 Å². The fourth-order valence-electron chi connectivity index (χ4n) is 4.03. The molecule has 0 radical (unpaired) electrons. The van der Waals surface area contributed by atoms with Gasteiger partial charge >= 0.3 is 0 Å². The number of nitrogens with zero attached hydrogens (tertiary/aromatic N) is 1. The maximum Gasteiger partial charge on any atom is 0.254 e. The van der Waals surface area contributed by atoms with Gasteiger partial charge in [-0.05, 0) is 71.2 Å². The van der Waals surface area contributed by atoms with Crippen molar-refractivity contribution >= 4 is 5.91 Å². The molecule has 134 valence electrons. The lowest BCUT2D eigenvalue weighted by atomic mass is 9.78. The number of carbonyl (C=O) groups is 1. The standard InChI is InChI=1S/C20H31FN2O/c1-6-7-12-23(18(24)15-8-10-16(21)11-9-15)17-13-19(2,3)22-20(4,5)14-17/h8-11,17,22H,6-7,12-14H2,1-5H3. The Morgan fingerprint density at radius 1 is 1.17 bits per heavy atom. The number of nitrogens with one attached hydrogen (secondary N) is 1. The van der Waals surface area contributed by atoms with Crippen LogP contribution < -0.4 is 5.32 Å². The number of rotatable bonds is 5. The van der Waals surface area contributed by atoms with Crippen molar-refractivity contribution < 1.29 is 9.18 Å². The van der Waals surface area contributed by atoms with Gasteiger partial charge in [0.05, 0.1) is 0 Å². The lowest BCUT2D eigenvalue weighted by Crippen LogP contribution is -2.62. The van der Waals surface area contributed by atoms with Crippen molar-refractivity contribution in [2.45, 2.75) is 77.4 Å². The van der Waals surface area contributed by atoms with Crippen LogP contribution in [-0.4, -0.2) is 34.5 Å². The first-order valence-corrected chi connectivity index (χ1v) is 8.99. The second-order valence-electron chi connectivity index (χ2n) is 8.31. The monoisotopic (exact) mass is 334 g/mol. The van der Waals surface area contributed by atoms with Crippen molar-refractivity contribution in [2.75, 3.05) is 6.54 Å². The Morgan fingerprint density at radius 2 is 1.71 bits per heavy atom. The van der Waals surface area contributed by atoms with Gasteiger partial charge in [-0.15, -0.1) is 0 Å². The van der Waals surface area contributed by atoms with E-state index in [2.05, 4.69) is 39.9 Å². The molecule has 4 heteroatoms. The first-order valence-electron chi connectivity index (χ1n) is 8.99. The second-order valence-corrected chi connectivity index (χ2v) is 8.31. The van der Waals surface area contributed by atoms with Gasteiger partial charge in [0.1, 0.15) is 5.82 Å². The predicted octanol–water partition coefficient (Wildman–Crippen LogP) is 4.38. The van der Waals surface area contributed by atoms with Crippen molar-refractivity contribution in [3.8, 4) is 0 Å². The van der Waals surface area contributed by atoms with E-state index in [1.165, 1.54) is 12.1 Å². The summed E-state index contributed by atoms with van der Waals surface area (Å²) in [6.45, 7) is 11.7. The summed E-state index contributed by atoms with van der Waals surface area (Å²) in [4.78, 5) is 15.1. The van der Waals surface area contributed by atoms with Gasteiger partial charge in [-0.3, -0.25) is 4.79 Å². The number of piperidine rings is 1. The van der Waals surface area contributed by atoms with Gasteiger partial charge in [-0.25, -0.2) is 4.39 Å². The summed E-state index contributed by atoms with van der Waals surface area (Å²) < 4.78 is 13.2. The summed E-state index contributed by atoms with van der Waals surface area (Å²) >= 11 is 0. The van der Waals surface area contributed by atoms with Crippen LogP contribution in [-0.2, 0) is 0 Å². The molecule has 0 bridgehead atoms. The van der Waals surface area contributed by atoms with Crippen LogP contribution >= 0.6 is 0 Å². The summed E-state index contributed by atoms with van der Waals surface area (Å²) in [5.41, 5.74) is 0.543. The highest BCUT2D eigenvalue weighted by molar-refractivity contribution is 5.94. The van der Waals surface area contributed by atoms with Crippen molar-refractivity contribution in [3.05, 3.63) is 35.6 Å². The topological polar surface area (TPSA) is 32.3 Å². The zero-order chi connectivity index (χ0) is 18.0. The third kappa shape index (κ3) is 4.79. The molecule has 1 aromatic carbocycles. The Hall–Kier alpha value is -1.42. The Kier molecular flexibility index (Phi) is 5.69. The molecule has 0 aliphatic carbocycles. The molecule has 1 aliphatic rings. The van der Waals surface area contributed by atoms with Gasteiger partial charge in [-0.1, -0.05) is 13.3 Å². The van der Waals surface area contributed by atoms with E-state index in [1.54, 1.807) is 12.1 Å². The minimum absolute atomic E-state index is 0.0139. The fourth-order valence-corrected chi connectivity index (χ4v) is 4.03. The van der Waals surface area contributed by atoms with Gasteiger partial charge in [-0.2, -0.15) is 0 Å². The molecule has 0 aromatic heterocycles. The Morgan fingerprint density at radius 3 is 2.21 bits per heavy atom. The van der Waals surface area contributed by atoms with E-state index >= 15 is 0 Å². The minimum Gasteiger partial charge on any atom is -0.336 e. The summed E-state index contributed by atoms with van der Waals surface area (Å²) in [6.07, 6.45) is 3.88. The molecule has 1 saturated heterocycles. The van der Waals surface area contributed by atoms with E-state index in [0.717, 1.165) is 32.2 Å². The molecule has 0 saturated carbocycles. The van der Waals surface area contributed by atoms with Gasteiger partial charge in [0.25, 0.3) is 5.91 Å². The maximum atomic E-state index is 13.2. The molecule has 0 spiro atoms. The molecule has 1 aromatic rings. The first kappa shape index (κ1) is 18.9. The molecular weight excluding hydrogens is 303 g/mol. The molecule has 1 heterocycles. The highest BCUT2D eigenvalue weighted by Gasteiger charge is 2.41. The Labute approximate surface area is 145 Å². The van der Waals surface area contributed by atoms with E-state index in [9.17, 15) is 9.18 Å². The quantitative estimate of drug-likeness (QED) is 0.867. The van der Waals surface area contributed by atoms with Gasteiger partial charge in [0.15, 0.2) is 0 Å². The van der Waals surface area contributed by atoms with Crippen molar-refractivity contribution in [2.24, 2.45) is 0 Å². The van der Waals surface area contributed by atoms with E-state index < -0.39 is 0 Å². The largest absolute Gasteiger partial charge is 0.336 e. The molecule has 0 unspecified atom stereocenters. The maximum absolute atomic E-state index is 13.2. The van der Waals surface area contributed by atoms with Crippen LogP contribution in [0.25, 0.3) is 0 Å². The summed E-state index contributed by atoms with van der Waals surface area (Å²) in [6, 6.07) is 6.10. The van der Waals surface area contributed by atoms with Crippen molar-refractivity contribution in [1.82, 2.24) is 10.2 Å². The SMILES string of the molecule is CCCCN(C(=O)c1ccc(F)cc1)C1CC(C)(C)NC(C)(C)C1. The predicted molar refractivity (Wildman–Crippen MR) is 96.7 cm³/mol. The normalized spacial score (nSPS) is 19.9. The summed E-state index contributed by atoms with van der Waals surface area (Å²) in [7, 11) is 0. The van der Waals surface area contributed by atoms with Crippen LogP contribution in [0.15, 0.2) is 24.3 Å². The van der Waals surface area contributed by atoms with Gasteiger partial charge < -0.3 is 10.2 Å². The van der Waals surface area contributed by atoms with Crippen LogP contribution in [0.1, 0.15) is 70.7 Å². The molecule has 0 atom stereocenters. The van der Waals surface area contributed by atoms with Crippen LogP contribution in [0.5, 0.6) is 0 Å². The third-order valence-corrected chi connectivity index (χ3v) is 4.71. The summed E-state index contributed by atoms with van der Waals surface area (Å²) in [5.74, 6) is -0.294. The molecular formula is C20H31FN2O. The highest BCUT2D eigenvalue weighted by Crippen LogP contribution is 2.32. The zero-order valence-corrected chi connectivity index (χ0v) is 15.7. The molecule has 1 fully saturated rings. The molecule has 1 amide bonds. The average molecular weight is 334 g/mol. The minimum atomic E-state index is -0.309. The molecule has 3 nitrogen and oxygen atoms in total. The molecule has 1 aliphatic heterocycles. The molecule has 24 heavy (non-hydrogen) atoms. The number of carbonyl (C=O) groups excluding carboxylic acids is 1. The smallest absolute Gasteiger partial charge is 0.254 e. The number of benzene rings is 1. The summed E-state index contributed by atoms with van der Waals surface area (Å²) in [5, 5.41) is 3.67. The Balaban J connectivity index is 2.26. The van der Waals surface area contributed by atoms with E-state index in [-0.39, 0.29) is 28.8 Å². The number of hydrogen-bond donors (Lipinski definition) is 1. The average Bonchev–Trinajstić information content (AvgIpc) is 2.45. The van der Waals surface area contributed by atoms with Crippen molar-refractivity contribution in [1.29, 1.82) is 0 Å².